The summed E-state index contributed by atoms with van der Waals surface area (Å²) in [5.41, 5.74) is 1.93. The molecular weight excluding hydrogens is 394 g/mol. The second-order valence-corrected chi connectivity index (χ2v) is 6.92. The van der Waals surface area contributed by atoms with Crippen LogP contribution < -0.4 is 15.6 Å². The number of ether oxygens (including phenoxy) is 1. The number of nitrogens with one attached hydrogen (secondary N) is 1. The first kappa shape index (κ1) is 19.9. The SMILES string of the molecule is COc1cccc2c(C)cc(=O)n(CC(=O)Nc3c(C#N)cnn3-c3ccccc3)c12. The van der Waals surface area contributed by atoms with Crippen molar-refractivity contribution >= 4 is 22.6 Å². The number of rotatable bonds is 5. The molecule has 0 bridgehead atoms. The van der Waals surface area contributed by atoms with Crippen molar-refractivity contribution < 1.29 is 9.53 Å². The molecule has 1 amide bonds. The van der Waals surface area contributed by atoms with Crippen LogP contribution in [0.5, 0.6) is 5.75 Å². The molecule has 2 aromatic heterocycles. The highest BCUT2D eigenvalue weighted by Gasteiger charge is 2.18. The van der Waals surface area contributed by atoms with E-state index in [0.717, 1.165) is 10.9 Å². The minimum atomic E-state index is -0.465. The Hall–Kier alpha value is -4.38. The van der Waals surface area contributed by atoms with E-state index in [-0.39, 0.29) is 23.5 Å². The first-order valence-electron chi connectivity index (χ1n) is 9.54. The van der Waals surface area contributed by atoms with Crippen LogP contribution in [0.15, 0.2) is 65.6 Å². The largest absolute Gasteiger partial charge is 0.495 e. The second kappa shape index (κ2) is 8.16. The Labute approximate surface area is 177 Å². The second-order valence-electron chi connectivity index (χ2n) is 6.92. The predicted octanol–water partition coefficient (Wildman–Crippen LogP) is 3.01. The van der Waals surface area contributed by atoms with E-state index in [1.54, 1.807) is 6.07 Å². The number of amides is 1. The lowest BCUT2D eigenvalue weighted by molar-refractivity contribution is -0.116. The Morgan fingerprint density at radius 1 is 1.19 bits per heavy atom. The average molecular weight is 413 g/mol. The van der Waals surface area contributed by atoms with Crippen LogP contribution >= 0.6 is 0 Å². The van der Waals surface area contributed by atoms with Gasteiger partial charge in [0.2, 0.25) is 5.91 Å². The number of para-hydroxylation sites is 2. The summed E-state index contributed by atoms with van der Waals surface area (Å²) in [5, 5.41) is 17.2. The number of nitrogens with zero attached hydrogens (tertiary/aromatic N) is 4. The van der Waals surface area contributed by atoms with Gasteiger partial charge in [0.05, 0.1) is 24.5 Å². The first-order chi connectivity index (χ1) is 15.0. The van der Waals surface area contributed by atoms with Gasteiger partial charge >= 0.3 is 0 Å². The average Bonchev–Trinajstić information content (AvgIpc) is 3.19. The van der Waals surface area contributed by atoms with Gasteiger partial charge in [0.15, 0.2) is 5.82 Å². The van der Waals surface area contributed by atoms with Crippen LogP contribution in [0.1, 0.15) is 11.1 Å². The van der Waals surface area contributed by atoms with Gasteiger partial charge in [-0.25, -0.2) is 4.68 Å². The lowest BCUT2D eigenvalue weighted by Crippen LogP contribution is -2.29. The summed E-state index contributed by atoms with van der Waals surface area (Å²) >= 11 is 0. The van der Waals surface area contributed by atoms with Crippen molar-refractivity contribution in [1.29, 1.82) is 5.26 Å². The van der Waals surface area contributed by atoms with E-state index in [1.165, 1.54) is 28.6 Å². The Bertz CT molecular complexity index is 1380. The molecule has 154 valence electrons. The quantitative estimate of drug-likeness (QED) is 0.542. The van der Waals surface area contributed by atoms with Crippen molar-refractivity contribution in [1.82, 2.24) is 14.3 Å². The number of nitriles is 1. The molecule has 0 saturated carbocycles. The highest BCUT2D eigenvalue weighted by Crippen LogP contribution is 2.26. The third-order valence-electron chi connectivity index (χ3n) is 4.97. The first-order valence-corrected chi connectivity index (χ1v) is 9.54. The summed E-state index contributed by atoms with van der Waals surface area (Å²) in [6, 6.07) is 18.1. The third-order valence-corrected chi connectivity index (χ3v) is 4.97. The van der Waals surface area contributed by atoms with Gasteiger partial charge in [0.25, 0.3) is 5.56 Å². The molecule has 0 radical (unpaired) electrons. The zero-order chi connectivity index (χ0) is 22.0. The number of hydrogen-bond acceptors (Lipinski definition) is 5. The molecule has 0 unspecified atom stereocenters. The van der Waals surface area contributed by atoms with E-state index < -0.39 is 5.91 Å². The highest BCUT2D eigenvalue weighted by molar-refractivity contribution is 5.94. The van der Waals surface area contributed by atoms with Crippen molar-refractivity contribution in [2.75, 3.05) is 12.4 Å². The smallest absolute Gasteiger partial charge is 0.251 e. The van der Waals surface area contributed by atoms with Gasteiger partial charge in [-0.2, -0.15) is 10.4 Å². The number of methoxy groups -OCH3 is 1. The molecule has 0 aliphatic carbocycles. The van der Waals surface area contributed by atoms with Crippen molar-refractivity contribution in [3.63, 3.8) is 0 Å². The number of carbonyl (C=O) groups is 1. The zero-order valence-corrected chi connectivity index (χ0v) is 17.0. The van der Waals surface area contributed by atoms with Gasteiger partial charge in [-0.1, -0.05) is 30.3 Å². The Balaban J connectivity index is 1.74. The van der Waals surface area contributed by atoms with Crippen LogP contribution in [0.4, 0.5) is 5.82 Å². The molecule has 2 heterocycles. The minimum Gasteiger partial charge on any atom is -0.495 e. The molecule has 2 aromatic carbocycles. The van der Waals surface area contributed by atoms with Crippen LogP contribution in [0.3, 0.4) is 0 Å². The van der Waals surface area contributed by atoms with Crippen molar-refractivity contribution in [3.05, 3.63) is 82.3 Å². The normalized spacial score (nSPS) is 10.6. The zero-order valence-electron chi connectivity index (χ0n) is 17.0. The summed E-state index contributed by atoms with van der Waals surface area (Å²) in [5.74, 6) is 0.278. The summed E-state index contributed by atoms with van der Waals surface area (Å²) in [4.78, 5) is 25.7. The molecule has 0 aliphatic heterocycles. The lowest BCUT2D eigenvalue weighted by Gasteiger charge is -2.15. The number of aryl methyl sites for hydroxylation is 1. The Morgan fingerprint density at radius 2 is 1.97 bits per heavy atom. The highest BCUT2D eigenvalue weighted by atomic mass is 16.5. The van der Waals surface area contributed by atoms with Crippen LogP contribution in [0.2, 0.25) is 0 Å². The molecule has 0 saturated heterocycles. The fraction of sp³-hybridized carbons (Fsp3) is 0.130. The van der Waals surface area contributed by atoms with Gasteiger partial charge in [-0.05, 0) is 30.7 Å². The topological polar surface area (TPSA) is 102 Å². The van der Waals surface area contributed by atoms with Gasteiger partial charge in [0, 0.05) is 11.5 Å². The van der Waals surface area contributed by atoms with E-state index in [2.05, 4.69) is 10.4 Å². The molecule has 4 rings (SSSR count). The van der Waals surface area contributed by atoms with Gasteiger partial charge < -0.3 is 10.1 Å². The fourth-order valence-electron chi connectivity index (χ4n) is 3.52. The molecule has 31 heavy (non-hydrogen) atoms. The number of benzene rings is 2. The summed E-state index contributed by atoms with van der Waals surface area (Å²) in [7, 11) is 1.52. The molecule has 0 spiro atoms. The monoisotopic (exact) mass is 413 g/mol. The number of hydrogen-bond donors (Lipinski definition) is 1. The summed E-state index contributed by atoms with van der Waals surface area (Å²) in [6.07, 6.45) is 1.39. The minimum absolute atomic E-state index is 0.218. The van der Waals surface area contributed by atoms with Crippen molar-refractivity contribution in [2.45, 2.75) is 13.5 Å². The van der Waals surface area contributed by atoms with E-state index in [1.807, 2.05) is 55.5 Å². The van der Waals surface area contributed by atoms with Gasteiger partial charge in [0.1, 0.15) is 23.9 Å². The number of anilines is 1. The van der Waals surface area contributed by atoms with E-state index in [9.17, 15) is 14.9 Å². The molecule has 1 N–H and O–H groups in total. The molecule has 8 heteroatoms. The Morgan fingerprint density at radius 3 is 2.68 bits per heavy atom. The molecule has 0 aliphatic rings. The van der Waals surface area contributed by atoms with E-state index in [4.69, 9.17) is 4.74 Å². The number of aromatic nitrogens is 3. The maximum atomic E-state index is 12.9. The summed E-state index contributed by atoms with van der Waals surface area (Å²) in [6.45, 7) is 1.59. The molecule has 8 nitrogen and oxygen atoms in total. The molecule has 0 fully saturated rings. The van der Waals surface area contributed by atoms with Crippen LogP contribution in [0.25, 0.3) is 16.6 Å². The van der Waals surface area contributed by atoms with E-state index in [0.29, 0.717) is 17.0 Å². The maximum absolute atomic E-state index is 12.9. The number of pyridine rings is 1. The molecular formula is C23H19N5O3. The van der Waals surface area contributed by atoms with Crippen molar-refractivity contribution in [2.24, 2.45) is 0 Å². The summed E-state index contributed by atoms with van der Waals surface area (Å²) < 4.78 is 8.28. The molecule has 4 aromatic rings. The number of fused-ring (bicyclic) bond motifs is 1. The van der Waals surface area contributed by atoms with E-state index >= 15 is 0 Å². The van der Waals surface area contributed by atoms with Crippen molar-refractivity contribution in [3.8, 4) is 17.5 Å². The fourth-order valence-corrected chi connectivity index (χ4v) is 3.52. The van der Waals surface area contributed by atoms with Crippen LogP contribution in [0, 0.1) is 18.3 Å². The number of carbonyl (C=O) groups excluding carboxylic acids is 1. The molecule has 0 atom stereocenters. The van der Waals surface area contributed by atoms with Gasteiger partial charge in [-0.15, -0.1) is 0 Å². The third kappa shape index (κ3) is 3.65. The van der Waals surface area contributed by atoms with Crippen LogP contribution in [-0.4, -0.2) is 27.4 Å². The maximum Gasteiger partial charge on any atom is 0.251 e. The lowest BCUT2D eigenvalue weighted by atomic mass is 10.1. The van der Waals surface area contributed by atoms with Crippen LogP contribution in [-0.2, 0) is 11.3 Å². The van der Waals surface area contributed by atoms with Gasteiger partial charge in [-0.3, -0.25) is 14.2 Å². The standard InChI is InChI=1S/C23H19N5O3/c1-15-11-21(30)27(22-18(15)9-6-10-19(22)31-2)14-20(29)26-23-16(12-24)13-25-28(23)17-7-4-3-5-8-17/h3-11,13H,14H2,1-2H3,(H,26,29). The Kier molecular flexibility index (Phi) is 5.24. The predicted molar refractivity (Wildman–Crippen MR) is 116 cm³/mol.